The Morgan fingerprint density at radius 1 is 0.973 bits per heavy atom. The van der Waals surface area contributed by atoms with Gasteiger partial charge in [0, 0.05) is 40.4 Å². The van der Waals surface area contributed by atoms with Crippen molar-refractivity contribution in [3.63, 3.8) is 0 Å². The van der Waals surface area contributed by atoms with Gasteiger partial charge in [0.25, 0.3) is 5.91 Å². The molecule has 2 aliphatic rings. The maximum absolute atomic E-state index is 12.8. The standard InChI is InChI=1S/C28H23ClN4O4/c29-21-3-1-2-20(14-21)23-16-26-32(27(34)10-11-33(26)31-23)17-18-4-6-19(7-5-18)28(35)30-22-8-9-24-25(15-22)37-13-12-36-24/h1-9,14-16H,10-13,17H2,(H,30,35). The summed E-state index contributed by atoms with van der Waals surface area (Å²) < 4.78 is 13.0. The van der Waals surface area contributed by atoms with E-state index in [0.717, 1.165) is 22.6 Å². The third-order valence-electron chi connectivity index (χ3n) is 6.35. The molecule has 1 aromatic heterocycles. The van der Waals surface area contributed by atoms with E-state index in [1.807, 2.05) is 47.1 Å². The van der Waals surface area contributed by atoms with E-state index in [0.29, 0.717) is 60.5 Å². The number of aromatic nitrogens is 2. The van der Waals surface area contributed by atoms with E-state index in [4.69, 9.17) is 21.1 Å². The van der Waals surface area contributed by atoms with Gasteiger partial charge in [-0.05, 0) is 42.0 Å². The lowest BCUT2D eigenvalue weighted by atomic mass is 10.1. The predicted molar refractivity (Wildman–Crippen MR) is 140 cm³/mol. The van der Waals surface area contributed by atoms with E-state index in [2.05, 4.69) is 10.4 Å². The largest absolute Gasteiger partial charge is 0.486 e. The molecule has 0 atom stereocenters. The Labute approximate surface area is 218 Å². The molecule has 4 aromatic rings. The second kappa shape index (κ2) is 9.63. The summed E-state index contributed by atoms with van der Waals surface area (Å²) in [6.45, 7) is 1.90. The number of nitrogens with zero attached hydrogens (tertiary/aromatic N) is 3. The normalized spacial score (nSPS) is 14.3. The Balaban J connectivity index is 1.17. The number of carbonyl (C=O) groups is 2. The monoisotopic (exact) mass is 514 g/mol. The van der Waals surface area contributed by atoms with E-state index in [1.165, 1.54) is 0 Å². The molecule has 0 saturated heterocycles. The summed E-state index contributed by atoms with van der Waals surface area (Å²) >= 11 is 6.15. The lowest BCUT2D eigenvalue weighted by molar-refractivity contribution is -0.119. The van der Waals surface area contributed by atoms with Gasteiger partial charge in [0.15, 0.2) is 11.5 Å². The van der Waals surface area contributed by atoms with Gasteiger partial charge in [-0.15, -0.1) is 0 Å². The first-order chi connectivity index (χ1) is 18.0. The molecule has 0 spiro atoms. The van der Waals surface area contributed by atoms with Crippen LogP contribution in [0, 0.1) is 0 Å². The number of hydrogen-bond donors (Lipinski definition) is 1. The van der Waals surface area contributed by atoms with Gasteiger partial charge in [0.1, 0.15) is 19.0 Å². The first-order valence-corrected chi connectivity index (χ1v) is 12.4. The fourth-order valence-electron chi connectivity index (χ4n) is 4.48. The van der Waals surface area contributed by atoms with Crippen molar-refractivity contribution in [2.75, 3.05) is 23.4 Å². The number of amides is 2. The Kier molecular flexibility index (Phi) is 6.02. The molecule has 0 unspecified atom stereocenters. The first-order valence-electron chi connectivity index (χ1n) is 12.0. The van der Waals surface area contributed by atoms with Crippen LogP contribution in [0.2, 0.25) is 5.02 Å². The van der Waals surface area contributed by atoms with Crippen LogP contribution in [0.25, 0.3) is 11.3 Å². The number of fused-ring (bicyclic) bond motifs is 2. The fourth-order valence-corrected chi connectivity index (χ4v) is 4.67. The molecule has 9 heteroatoms. The van der Waals surface area contributed by atoms with Crippen LogP contribution in [0.15, 0.2) is 72.8 Å². The number of halogens is 1. The Morgan fingerprint density at radius 2 is 1.78 bits per heavy atom. The maximum atomic E-state index is 12.8. The van der Waals surface area contributed by atoms with E-state index >= 15 is 0 Å². The number of carbonyl (C=O) groups excluding carboxylic acids is 2. The molecule has 0 saturated carbocycles. The lowest BCUT2D eigenvalue weighted by Gasteiger charge is -2.27. The molecule has 8 nitrogen and oxygen atoms in total. The van der Waals surface area contributed by atoms with Crippen LogP contribution in [0.5, 0.6) is 11.5 Å². The van der Waals surface area contributed by atoms with Crippen LogP contribution in [0.4, 0.5) is 11.5 Å². The summed E-state index contributed by atoms with van der Waals surface area (Å²) in [5.41, 5.74) is 3.71. The minimum absolute atomic E-state index is 0.0328. The molecule has 37 heavy (non-hydrogen) atoms. The third kappa shape index (κ3) is 4.75. The highest BCUT2D eigenvalue weighted by Crippen LogP contribution is 2.33. The quantitative estimate of drug-likeness (QED) is 0.397. The number of hydrogen-bond acceptors (Lipinski definition) is 5. The van der Waals surface area contributed by atoms with Gasteiger partial charge in [0.05, 0.1) is 18.8 Å². The summed E-state index contributed by atoms with van der Waals surface area (Å²) in [5, 5.41) is 8.21. The molecule has 186 valence electrons. The molecular weight excluding hydrogens is 492 g/mol. The molecule has 3 aromatic carbocycles. The van der Waals surface area contributed by atoms with Gasteiger partial charge in [-0.2, -0.15) is 5.10 Å². The van der Waals surface area contributed by atoms with Crippen molar-refractivity contribution in [1.29, 1.82) is 0 Å². The molecule has 2 amide bonds. The van der Waals surface area contributed by atoms with Gasteiger partial charge >= 0.3 is 0 Å². The second-order valence-electron chi connectivity index (χ2n) is 8.86. The molecule has 3 heterocycles. The van der Waals surface area contributed by atoms with Crippen molar-refractivity contribution in [3.8, 4) is 22.8 Å². The van der Waals surface area contributed by atoms with Crippen LogP contribution in [0.1, 0.15) is 22.3 Å². The zero-order chi connectivity index (χ0) is 25.4. The number of aryl methyl sites for hydroxylation is 1. The van der Waals surface area contributed by atoms with Gasteiger partial charge < -0.3 is 14.8 Å². The van der Waals surface area contributed by atoms with E-state index in [-0.39, 0.29) is 11.8 Å². The topological polar surface area (TPSA) is 85.7 Å². The SMILES string of the molecule is O=C(Nc1ccc2c(c1)OCCO2)c1ccc(CN2C(=O)CCn3nc(-c4cccc(Cl)c4)cc32)cc1. The van der Waals surface area contributed by atoms with Crippen molar-refractivity contribution in [3.05, 3.63) is 88.9 Å². The zero-order valence-electron chi connectivity index (χ0n) is 19.8. The summed E-state index contributed by atoms with van der Waals surface area (Å²) in [4.78, 5) is 27.3. The van der Waals surface area contributed by atoms with Crippen LogP contribution in [0.3, 0.4) is 0 Å². The summed E-state index contributed by atoms with van der Waals surface area (Å²) in [6, 6.07) is 22.0. The second-order valence-corrected chi connectivity index (χ2v) is 9.30. The molecule has 6 rings (SSSR count). The lowest BCUT2D eigenvalue weighted by Crippen LogP contribution is -2.36. The summed E-state index contributed by atoms with van der Waals surface area (Å²) in [7, 11) is 0. The van der Waals surface area contributed by atoms with E-state index in [9.17, 15) is 9.59 Å². The van der Waals surface area contributed by atoms with Gasteiger partial charge in [-0.25, -0.2) is 4.68 Å². The average molecular weight is 515 g/mol. The van der Waals surface area contributed by atoms with Crippen LogP contribution >= 0.6 is 11.6 Å². The molecule has 1 N–H and O–H groups in total. The van der Waals surface area contributed by atoms with Crippen molar-refractivity contribution >= 4 is 34.9 Å². The first kappa shape index (κ1) is 23.1. The van der Waals surface area contributed by atoms with Gasteiger partial charge in [-0.3, -0.25) is 14.5 Å². The van der Waals surface area contributed by atoms with Crippen LogP contribution in [-0.2, 0) is 17.9 Å². The minimum atomic E-state index is -0.235. The van der Waals surface area contributed by atoms with Crippen molar-refractivity contribution < 1.29 is 19.1 Å². The Bertz CT molecular complexity index is 1500. The van der Waals surface area contributed by atoms with Crippen molar-refractivity contribution in [2.24, 2.45) is 0 Å². The highest BCUT2D eigenvalue weighted by Gasteiger charge is 2.26. The smallest absolute Gasteiger partial charge is 0.255 e. The van der Waals surface area contributed by atoms with E-state index < -0.39 is 0 Å². The molecule has 0 aliphatic carbocycles. The maximum Gasteiger partial charge on any atom is 0.255 e. The number of ether oxygens (including phenoxy) is 2. The van der Waals surface area contributed by atoms with Crippen molar-refractivity contribution in [2.45, 2.75) is 19.5 Å². The fraction of sp³-hybridized carbons (Fsp3) is 0.179. The van der Waals surface area contributed by atoms with Crippen LogP contribution in [-0.4, -0.2) is 34.8 Å². The molecular formula is C28H23ClN4O4. The number of rotatable bonds is 5. The van der Waals surface area contributed by atoms with Gasteiger partial charge in [-0.1, -0.05) is 35.9 Å². The summed E-state index contributed by atoms with van der Waals surface area (Å²) in [5.74, 6) is 1.82. The molecule has 2 aliphatic heterocycles. The predicted octanol–water partition coefficient (Wildman–Crippen LogP) is 5.16. The number of nitrogens with one attached hydrogen (secondary N) is 1. The Morgan fingerprint density at radius 3 is 2.59 bits per heavy atom. The highest BCUT2D eigenvalue weighted by atomic mass is 35.5. The molecule has 0 bridgehead atoms. The van der Waals surface area contributed by atoms with E-state index in [1.54, 1.807) is 35.2 Å². The molecule has 0 radical (unpaired) electrons. The van der Waals surface area contributed by atoms with Crippen molar-refractivity contribution in [1.82, 2.24) is 9.78 Å². The summed E-state index contributed by atoms with van der Waals surface area (Å²) in [6.07, 6.45) is 0.375. The zero-order valence-corrected chi connectivity index (χ0v) is 20.6. The number of benzene rings is 3. The highest BCUT2D eigenvalue weighted by molar-refractivity contribution is 6.30. The number of anilines is 2. The molecule has 0 fully saturated rings. The average Bonchev–Trinajstić information content (AvgIpc) is 3.35. The van der Waals surface area contributed by atoms with Crippen LogP contribution < -0.4 is 19.7 Å². The van der Waals surface area contributed by atoms with Gasteiger partial charge in [0.2, 0.25) is 5.91 Å². The third-order valence-corrected chi connectivity index (χ3v) is 6.59. The Hall–Kier alpha value is -4.30. The minimum Gasteiger partial charge on any atom is -0.486 e.